The zero-order chi connectivity index (χ0) is 16.8. The van der Waals surface area contributed by atoms with Crippen LogP contribution in [-0.4, -0.2) is 11.9 Å². The Balaban J connectivity index is 1.92. The van der Waals surface area contributed by atoms with Gasteiger partial charge in [-0.05, 0) is 42.5 Å². The number of rotatable bonds is 2. The number of hydrogen-bond donors (Lipinski definition) is 3. The lowest BCUT2D eigenvalue weighted by molar-refractivity contribution is 0.0938. The van der Waals surface area contributed by atoms with E-state index in [-0.39, 0.29) is 10.6 Å². The van der Waals surface area contributed by atoms with Crippen molar-refractivity contribution in [1.29, 1.82) is 5.26 Å². The quantitative estimate of drug-likeness (QED) is 0.726. The summed E-state index contributed by atoms with van der Waals surface area (Å²) < 4.78 is 0. The lowest BCUT2D eigenvalue weighted by Crippen LogP contribution is -2.44. The van der Waals surface area contributed by atoms with Crippen LogP contribution in [0.5, 0.6) is 0 Å². The molecule has 0 unspecified atom stereocenters. The van der Waals surface area contributed by atoms with Crippen LogP contribution < -0.4 is 16.2 Å². The third-order valence-electron chi connectivity index (χ3n) is 2.73. The summed E-state index contributed by atoms with van der Waals surface area (Å²) in [7, 11) is 0. The van der Waals surface area contributed by atoms with E-state index in [1.54, 1.807) is 30.3 Å². The Kier molecular flexibility index (Phi) is 5.41. The number of hydrogen-bond acceptors (Lipinski definition) is 3. The van der Waals surface area contributed by atoms with Crippen molar-refractivity contribution in [2.24, 2.45) is 0 Å². The first-order chi connectivity index (χ1) is 11.0. The van der Waals surface area contributed by atoms with Crippen LogP contribution in [0.25, 0.3) is 0 Å². The predicted molar refractivity (Wildman–Crippen MR) is 87.2 cm³/mol. The maximum atomic E-state index is 11.9. The summed E-state index contributed by atoms with van der Waals surface area (Å²) in [5.41, 5.74) is 5.48. The number of urea groups is 1. The van der Waals surface area contributed by atoms with Crippen LogP contribution >= 0.6 is 23.2 Å². The van der Waals surface area contributed by atoms with Gasteiger partial charge in [-0.2, -0.15) is 5.26 Å². The van der Waals surface area contributed by atoms with E-state index in [1.807, 2.05) is 6.07 Å². The minimum atomic E-state index is -0.652. The van der Waals surface area contributed by atoms with Gasteiger partial charge >= 0.3 is 6.03 Å². The Morgan fingerprint density at radius 2 is 1.70 bits per heavy atom. The predicted octanol–water partition coefficient (Wildman–Crippen LogP) is 3.33. The number of halogens is 2. The highest BCUT2D eigenvalue weighted by atomic mass is 35.5. The zero-order valence-corrected chi connectivity index (χ0v) is 13.1. The van der Waals surface area contributed by atoms with Crippen molar-refractivity contribution >= 4 is 40.8 Å². The Morgan fingerprint density at radius 3 is 2.35 bits per heavy atom. The van der Waals surface area contributed by atoms with Crippen LogP contribution in [-0.2, 0) is 0 Å². The molecule has 0 heterocycles. The molecule has 0 saturated carbocycles. The molecule has 2 aromatic rings. The second-order valence-corrected chi connectivity index (χ2v) is 5.19. The van der Waals surface area contributed by atoms with E-state index >= 15 is 0 Å². The van der Waals surface area contributed by atoms with E-state index in [9.17, 15) is 9.59 Å². The fourth-order valence-corrected chi connectivity index (χ4v) is 2.02. The summed E-state index contributed by atoms with van der Waals surface area (Å²) in [6, 6.07) is 12.0. The summed E-state index contributed by atoms with van der Waals surface area (Å²) in [4.78, 5) is 23.6. The number of benzene rings is 2. The number of nitriles is 1. The van der Waals surface area contributed by atoms with Gasteiger partial charge in [0.25, 0.3) is 5.91 Å². The van der Waals surface area contributed by atoms with Gasteiger partial charge in [0, 0.05) is 10.7 Å². The van der Waals surface area contributed by atoms with Crippen molar-refractivity contribution in [1.82, 2.24) is 10.9 Å². The van der Waals surface area contributed by atoms with Gasteiger partial charge in [0.05, 0.1) is 22.2 Å². The van der Waals surface area contributed by atoms with Crippen LogP contribution in [0.2, 0.25) is 10.0 Å². The molecule has 23 heavy (non-hydrogen) atoms. The molecule has 0 atom stereocenters. The summed E-state index contributed by atoms with van der Waals surface area (Å²) >= 11 is 11.7. The molecule has 0 radical (unpaired) electrons. The number of anilines is 1. The van der Waals surface area contributed by atoms with Crippen molar-refractivity contribution in [3.63, 3.8) is 0 Å². The maximum Gasteiger partial charge on any atom is 0.337 e. The van der Waals surface area contributed by atoms with Crippen LogP contribution in [0.15, 0.2) is 42.5 Å². The number of nitrogens with zero attached hydrogens (tertiary/aromatic N) is 1. The van der Waals surface area contributed by atoms with E-state index < -0.39 is 11.9 Å². The molecule has 0 aromatic heterocycles. The largest absolute Gasteiger partial charge is 0.337 e. The molecule has 0 aliphatic rings. The van der Waals surface area contributed by atoms with E-state index in [4.69, 9.17) is 28.5 Å². The van der Waals surface area contributed by atoms with E-state index in [1.165, 1.54) is 12.1 Å². The van der Waals surface area contributed by atoms with Gasteiger partial charge in [0.2, 0.25) is 0 Å². The van der Waals surface area contributed by atoms with E-state index in [0.29, 0.717) is 16.3 Å². The fraction of sp³-hybridized carbons (Fsp3) is 0. The fourth-order valence-electron chi connectivity index (χ4n) is 1.64. The van der Waals surface area contributed by atoms with Gasteiger partial charge in [-0.3, -0.25) is 10.2 Å². The van der Waals surface area contributed by atoms with Gasteiger partial charge < -0.3 is 5.32 Å². The molecule has 2 rings (SSSR count). The van der Waals surface area contributed by atoms with Gasteiger partial charge in [-0.25, -0.2) is 10.2 Å². The average Bonchev–Trinajstić information content (AvgIpc) is 2.55. The minimum Gasteiger partial charge on any atom is -0.307 e. The van der Waals surface area contributed by atoms with E-state index in [2.05, 4.69) is 16.2 Å². The lowest BCUT2D eigenvalue weighted by atomic mass is 10.2. The van der Waals surface area contributed by atoms with Gasteiger partial charge in [-0.15, -0.1) is 0 Å². The number of hydrazine groups is 1. The number of amides is 3. The minimum absolute atomic E-state index is 0.137. The third-order valence-corrected chi connectivity index (χ3v) is 3.30. The van der Waals surface area contributed by atoms with Crippen LogP contribution in [0.4, 0.5) is 10.5 Å². The van der Waals surface area contributed by atoms with Gasteiger partial charge in [0.1, 0.15) is 0 Å². The normalized spacial score (nSPS) is 9.61. The summed E-state index contributed by atoms with van der Waals surface area (Å²) in [6.45, 7) is 0. The molecule has 3 N–H and O–H groups in total. The Labute approximate surface area is 142 Å². The van der Waals surface area contributed by atoms with Crippen molar-refractivity contribution in [2.75, 3.05) is 5.32 Å². The SMILES string of the molecule is N#Cc1ccc(NC(=O)NNC(=O)c2cc(Cl)ccc2Cl)cc1. The van der Waals surface area contributed by atoms with Crippen molar-refractivity contribution in [3.8, 4) is 6.07 Å². The first-order valence-electron chi connectivity index (χ1n) is 6.32. The highest BCUT2D eigenvalue weighted by molar-refractivity contribution is 6.35. The molecular weight excluding hydrogens is 339 g/mol. The second-order valence-electron chi connectivity index (χ2n) is 4.35. The van der Waals surface area contributed by atoms with Crippen molar-refractivity contribution in [2.45, 2.75) is 0 Å². The second kappa shape index (κ2) is 7.49. The van der Waals surface area contributed by atoms with Crippen LogP contribution in [0.3, 0.4) is 0 Å². The van der Waals surface area contributed by atoms with Crippen molar-refractivity contribution in [3.05, 3.63) is 63.6 Å². The Morgan fingerprint density at radius 1 is 1.00 bits per heavy atom. The number of carbonyl (C=O) groups excluding carboxylic acids is 2. The highest BCUT2D eigenvalue weighted by Crippen LogP contribution is 2.20. The molecule has 3 amide bonds. The monoisotopic (exact) mass is 348 g/mol. The molecule has 0 aliphatic carbocycles. The average molecular weight is 349 g/mol. The Hall–Kier alpha value is -2.75. The highest BCUT2D eigenvalue weighted by Gasteiger charge is 2.12. The molecular formula is C15H10Cl2N4O2. The molecule has 0 aliphatic heterocycles. The number of carbonyl (C=O) groups is 2. The smallest absolute Gasteiger partial charge is 0.307 e. The first-order valence-corrected chi connectivity index (χ1v) is 7.08. The maximum absolute atomic E-state index is 11.9. The topological polar surface area (TPSA) is 94.0 Å². The van der Waals surface area contributed by atoms with Crippen LogP contribution in [0, 0.1) is 11.3 Å². The molecule has 0 saturated heterocycles. The zero-order valence-electron chi connectivity index (χ0n) is 11.6. The van der Waals surface area contributed by atoms with Gasteiger partial charge in [-0.1, -0.05) is 23.2 Å². The molecule has 0 spiro atoms. The first kappa shape index (κ1) is 16.6. The summed E-state index contributed by atoms with van der Waals surface area (Å²) in [6.07, 6.45) is 0. The molecule has 116 valence electrons. The molecule has 6 nitrogen and oxygen atoms in total. The van der Waals surface area contributed by atoms with Crippen molar-refractivity contribution < 1.29 is 9.59 Å². The lowest BCUT2D eigenvalue weighted by Gasteiger charge is -2.10. The Bertz CT molecular complexity index is 785. The number of nitrogens with one attached hydrogen (secondary N) is 3. The summed E-state index contributed by atoms with van der Waals surface area (Å²) in [5, 5.41) is 11.7. The molecule has 2 aromatic carbocycles. The third kappa shape index (κ3) is 4.61. The van der Waals surface area contributed by atoms with Crippen LogP contribution in [0.1, 0.15) is 15.9 Å². The van der Waals surface area contributed by atoms with Gasteiger partial charge in [0.15, 0.2) is 0 Å². The molecule has 0 bridgehead atoms. The standard InChI is InChI=1S/C15H10Cl2N4O2/c16-10-3-6-13(17)12(7-10)14(22)20-21-15(23)19-11-4-1-9(8-18)2-5-11/h1-7H,(H,20,22)(H2,19,21,23). The molecule has 8 heteroatoms. The van der Waals surface area contributed by atoms with E-state index in [0.717, 1.165) is 0 Å². The summed E-state index contributed by atoms with van der Waals surface area (Å²) in [5.74, 6) is -0.604. The molecule has 0 fully saturated rings.